The van der Waals surface area contributed by atoms with Crippen molar-refractivity contribution in [2.24, 2.45) is 0 Å². The second kappa shape index (κ2) is 9.83. The summed E-state index contributed by atoms with van der Waals surface area (Å²) in [5.41, 5.74) is 8.59. The Labute approximate surface area is 164 Å². The molecule has 1 heterocycles. The number of hydrogen-bond donors (Lipinski definition) is 2. The van der Waals surface area contributed by atoms with Crippen LogP contribution in [0.15, 0.2) is 47.8 Å². The normalized spacial score (nSPS) is 11.3. The van der Waals surface area contributed by atoms with Crippen molar-refractivity contribution in [3.05, 3.63) is 64.7 Å². The van der Waals surface area contributed by atoms with Crippen LogP contribution >= 0.6 is 11.3 Å². The first-order valence-corrected chi connectivity index (χ1v) is 9.69. The number of aromatic nitrogens is 1. The Hall–Kier alpha value is -2.73. The third-order valence-electron chi connectivity index (χ3n) is 4.13. The number of phenols is 1. The average Bonchev–Trinajstić information content (AvgIpc) is 3.15. The Morgan fingerprint density at radius 1 is 1.04 bits per heavy atom. The summed E-state index contributed by atoms with van der Waals surface area (Å²) in [7, 11) is 3.25. The molecule has 27 heavy (non-hydrogen) atoms. The molecule has 3 N–H and O–H groups in total. The van der Waals surface area contributed by atoms with Gasteiger partial charge in [-0.3, -0.25) is 0 Å². The summed E-state index contributed by atoms with van der Waals surface area (Å²) >= 11 is 1.41. The topological polar surface area (TPSA) is 77.6 Å². The van der Waals surface area contributed by atoms with Crippen molar-refractivity contribution < 1.29 is 14.6 Å². The summed E-state index contributed by atoms with van der Waals surface area (Å²) in [6.07, 6.45) is 0.582. The maximum Gasteiger partial charge on any atom is 0.180 e. The predicted molar refractivity (Wildman–Crippen MR) is 111 cm³/mol. The van der Waals surface area contributed by atoms with Crippen molar-refractivity contribution in [3.8, 4) is 17.2 Å². The number of nitrogens with zero attached hydrogens (tertiary/aromatic N) is 1. The number of ether oxygens (including phenoxy) is 2. The highest BCUT2D eigenvalue weighted by Gasteiger charge is 2.20. The molecule has 0 aliphatic heterocycles. The second-order valence-electron chi connectivity index (χ2n) is 5.64. The molecule has 1 atom stereocenters. The van der Waals surface area contributed by atoms with Crippen LogP contribution in [-0.4, -0.2) is 24.3 Å². The third-order valence-corrected chi connectivity index (χ3v) is 4.82. The van der Waals surface area contributed by atoms with Crippen LogP contribution in [0.2, 0.25) is 0 Å². The number of phenolic OH excluding ortho intramolecular Hbond substituents is 1. The van der Waals surface area contributed by atoms with E-state index in [-0.39, 0.29) is 11.7 Å². The summed E-state index contributed by atoms with van der Waals surface area (Å²) < 4.78 is 10.5. The van der Waals surface area contributed by atoms with Crippen LogP contribution in [0.25, 0.3) is 0 Å². The van der Waals surface area contributed by atoms with Gasteiger partial charge < -0.3 is 20.3 Å². The molecule has 1 unspecified atom stereocenters. The summed E-state index contributed by atoms with van der Waals surface area (Å²) in [6.45, 7) is 4.00. The van der Waals surface area contributed by atoms with E-state index < -0.39 is 0 Å². The Balaban J connectivity index is 0.00000126. The lowest BCUT2D eigenvalue weighted by atomic mass is 9.89. The van der Waals surface area contributed by atoms with Gasteiger partial charge in [-0.2, -0.15) is 0 Å². The maximum atomic E-state index is 10.2. The second-order valence-corrected chi connectivity index (χ2v) is 6.52. The van der Waals surface area contributed by atoms with Crippen LogP contribution in [0.4, 0.5) is 5.13 Å². The van der Waals surface area contributed by atoms with Crippen LogP contribution in [0.1, 0.15) is 36.6 Å². The van der Waals surface area contributed by atoms with Gasteiger partial charge in [0.05, 0.1) is 19.9 Å². The van der Waals surface area contributed by atoms with Crippen LogP contribution in [0, 0.1) is 0 Å². The van der Waals surface area contributed by atoms with Crippen LogP contribution in [0.3, 0.4) is 0 Å². The lowest BCUT2D eigenvalue weighted by Gasteiger charge is -2.17. The van der Waals surface area contributed by atoms with Gasteiger partial charge in [0.15, 0.2) is 5.13 Å². The molecule has 0 saturated heterocycles. The third kappa shape index (κ3) is 5.14. The maximum absolute atomic E-state index is 10.2. The number of anilines is 1. The fourth-order valence-electron chi connectivity index (χ4n) is 2.76. The molecule has 2 aromatic carbocycles. The van der Waals surface area contributed by atoms with E-state index >= 15 is 0 Å². The highest BCUT2D eigenvalue weighted by Crippen LogP contribution is 2.34. The Kier molecular flexibility index (Phi) is 7.49. The van der Waals surface area contributed by atoms with Crippen molar-refractivity contribution in [1.29, 1.82) is 0 Å². The smallest absolute Gasteiger partial charge is 0.180 e. The zero-order valence-corrected chi connectivity index (χ0v) is 16.9. The molecule has 0 spiro atoms. The molecule has 0 radical (unpaired) electrons. The van der Waals surface area contributed by atoms with E-state index in [0.717, 1.165) is 22.6 Å². The number of aromatic hydroxyl groups is 1. The standard InChI is InChI=1S/C19H20N2O3S.C2H6/c1-23-14-5-3-12(4-6-14)16(17-11-25-19(20)21-17)10-13-9-15(24-2)7-8-18(13)22;1-2/h3-9,11,16,22H,10H2,1-2H3,(H2,20,21);1-2H3. The lowest BCUT2D eigenvalue weighted by Crippen LogP contribution is -2.06. The van der Waals surface area contributed by atoms with Gasteiger partial charge in [-0.1, -0.05) is 26.0 Å². The fourth-order valence-corrected chi connectivity index (χ4v) is 3.38. The molecular weight excluding hydrogens is 360 g/mol. The van der Waals surface area contributed by atoms with E-state index in [2.05, 4.69) is 4.98 Å². The zero-order chi connectivity index (χ0) is 19.8. The van der Waals surface area contributed by atoms with Gasteiger partial charge >= 0.3 is 0 Å². The molecule has 0 aliphatic carbocycles. The van der Waals surface area contributed by atoms with Crippen molar-refractivity contribution in [2.45, 2.75) is 26.2 Å². The molecule has 0 amide bonds. The zero-order valence-electron chi connectivity index (χ0n) is 16.1. The first-order valence-electron chi connectivity index (χ1n) is 8.81. The molecule has 1 aromatic heterocycles. The van der Waals surface area contributed by atoms with Gasteiger partial charge in [-0.25, -0.2) is 4.98 Å². The summed E-state index contributed by atoms with van der Waals surface area (Å²) in [4.78, 5) is 4.45. The molecular formula is C21H26N2O3S. The van der Waals surface area contributed by atoms with E-state index in [1.807, 2.05) is 49.6 Å². The van der Waals surface area contributed by atoms with E-state index in [4.69, 9.17) is 15.2 Å². The molecule has 5 nitrogen and oxygen atoms in total. The number of benzene rings is 2. The molecule has 144 valence electrons. The van der Waals surface area contributed by atoms with Gasteiger partial charge in [0.25, 0.3) is 0 Å². The van der Waals surface area contributed by atoms with E-state index in [9.17, 15) is 5.11 Å². The number of thiazole rings is 1. The van der Waals surface area contributed by atoms with Crippen molar-refractivity contribution in [1.82, 2.24) is 4.98 Å². The molecule has 3 rings (SSSR count). The fraction of sp³-hybridized carbons (Fsp3) is 0.286. The van der Waals surface area contributed by atoms with Crippen LogP contribution < -0.4 is 15.2 Å². The summed E-state index contributed by atoms with van der Waals surface area (Å²) in [5, 5.41) is 12.7. The van der Waals surface area contributed by atoms with E-state index in [1.165, 1.54) is 11.3 Å². The Morgan fingerprint density at radius 3 is 2.22 bits per heavy atom. The molecule has 6 heteroatoms. The number of rotatable bonds is 6. The van der Waals surface area contributed by atoms with Crippen molar-refractivity contribution in [3.63, 3.8) is 0 Å². The minimum absolute atomic E-state index is 0.0301. The quantitative estimate of drug-likeness (QED) is 0.633. The van der Waals surface area contributed by atoms with E-state index in [1.54, 1.807) is 26.4 Å². The van der Waals surface area contributed by atoms with Crippen molar-refractivity contribution >= 4 is 16.5 Å². The first-order chi connectivity index (χ1) is 13.1. The van der Waals surface area contributed by atoms with Gasteiger partial charge in [-0.05, 0) is 47.9 Å². The minimum atomic E-state index is -0.0301. The summed E-state index contributed by atoms with van der Waals surface area (Å²) in [5.74, 6) is 1.71. The van der Waals surface area contributed by atoms with Crippen LogP contribution in [0.5, 0.6) is 17.2 Å². The molecule has 0 aliphatic rings. The summed E-state index contributed by atoms with van der Waals surface area (Å²) in [6, 6.07) is 13.1. The first kappa shape index (κ1) is 20.6. The Bertz CT molecular complexity index is 847. The van der Waals surface area contributed by atoms with Gasteiger partial charge in [0, 0.05) is 11.3 Å². The molecule has 0 fully saturated rings. The van der Waals surface area contributed by atoms with E-state index in [0.29, 0.717) is 17.3 Å². The van der Waals surface area contributed by atoms with Crippen molar-refractivity contribution in [2.75, 3.05) is 20.0 Å². The van der Waals surface area contributed by atoms with Crippen LogP contribution in [-0.2, 0) is 6.42 Å². The predicted octanol–water partition coefficient (Wildman–Crippen LogP) is 4.85. The number of nitrogens with two attached hydrogens (primary N) is 1. The minimum Gasteiger partial charge on any atom is -0.508 e. The van der Waals surface area contributed by atoms with Gasteiger partial charge in [0.2, 0.25) is 0 Å². The monoisotopic (exact) mass is 386 g/mol. The SMILES string of the molecule is CC.COc1ccc(C(Cc2cc(OC)ccc2O)c2csc(N)n2)cc1. The average molecular weight is 387 g/mol. The largest absolute Gasteiger partial charge is 0.508 e. The highest BCUT2D eigenvalue weighted by molar-refractivity contribution is 7.13. The number of nitrogen functional groups attached to an aromatic ring is 1. The Morgan fingerprint density at radius 2 is 1.67 bits per heavy atom. The van der Waals surface area contributed by atoms with Gasteiger partial charge in [-0.15, -0.1) is 11.3 Å². The van der Waals surface area contributed by atoms with Gasteiger partial charge in [0.1, 0.15) is 17.2 Å². The number of hydrogen-bond acceptors (Lipinski definition) is 6. The molecule has 0 saturated carbocycles. The lowest BCUT2D eigenvalue weighted by molar-refractivity contribution is 0.410. The number of methoxy groups -OCH3 is 2. The highest BCUT2D eigenvalue weighted by atomic mass is 32.1. The molecule has 3 aromatic rings. The molecule has 0 bridgehead atoms.